The highest BCUT2D eigenvalue weighted by Gasteiger charge is 2.08. The molecule has 0 bridgehead atoms. The van der Waals surface area contributed by atoms with Crippen LogP contribution in [0.5, 0.6) is 0 Å². The van der Waals surface area contributed by atoms with Crippen molar-refractivity contribution in [2.24, 2.45) is 5.73 Å². The van der Waals surface area contributed by atoms with Crippen LogP contribution in [0.3, 0.4) is 0 Å². The van der Waals surface area contributed by atoms with E-state index in [1.165, 1.54) is 18.2 Å². The Hall–Kier alpha value is -1.91. The quantitative estimate of drug-likeness (QED) is 0.755. The minimum Gasteiger partial charge on any atom is -0.370 e. The number of amides is 2. The van der Waals surface area contributed by atoms with Crippen LogP contribution in [0.25, 0.3) is 0 Å². The molecule has 5 heteroatoms. The fraction of sp³-hybridized carbons (Fsp3) is 0.333. The fourth-order valence-electron chi connectivity index (χ4n) is 1.44. The lowest BCUT2D eigenvalue weighted by atomic mass is 10.1. The second kappa shape index (κ2) is 5.98. The van der Waals surface area contributed by atoms with E-state index >= 15 is 0 Å². The van der Waals surface area contributed by atoms with Gasteiger partial charge in [-0.2, -0.15) is 0 Å². The molecular formula is C12H15FN2O2. The largest absolute Gasteiger partial charge is 0.370 e. The van der Waals surface area contributed by atoms with Crippen molar-refractivity contribution in [3.8, 4) is 0 Å². The number of hydrogen-bond acceptors (Lipinski definition) is 2. The SMILES string of the molecule is Cc1cc(F)ccc1C(=O)NCCCC(N)=O. The van der Waals surface area contributed by atoms with E-state index < -0.39 is 5.91 Å². The summed E-state index contributed by atoms with van der Waals surface area (Å²) in [6.45, 7) is 2.04. The maximum atomic E-state index is 12.8. The highest BCUT2D eigenvalue weighted by molar-refractivity contribution is 5.95. The maximum absolute atomic E-state index is 12.8. The minimum atomic E-state index is -0.391. The molecule has 0 aliphatic rings. The number of nitrogens with one attached hydrogen (secondary N) is 1. The van der Waals surface area contributed by atoms with Crippen molar-refractivity contribution < 1.29 is 14.0 Å². The topological polar surface area (TPSA) is 72.2 Å². The molecule has 1 aromatic carbocycles. The van der Waals surface area contributed by atoms with Crippen LogP contribution < -0.4 is 11.1 Å². The van der Waals surface area contributed by atoms with Crippen LogP contribution in [0.15, 0.2) is 18.2 Å². The highest BCUT2D eigenvalue weighted by Crippen LogP contribution is 2.09. The minimum absolute atomic E-state index is 0.239. The summed E-state index contributed by atoms with van der Waals surface area (Å²) in [4.78, 5) is 22.1. The van der Waals surface area contributed by atoms with Crippen molar-refractivity contribution in [2.75, 3.05) is 6.54 Å². The van der Waals surface area contributed by atoms with Crippen molar-refractivity contribution in [1.82, 2.24) is 5.32 Å². The van der Waals surface area contributed by atoms with E-state index in [2.05, 4.69) is 5.32 Å². The monoisotopic (exact) mass is 238 g/mol. The normalized spacial score (nSPS) is 10.0. The number of carbonyl (C=O) groups excluding carboxylic acids is 2. The molecular weight excluding hydrogens is 223 g/mol. The smallest absolute Gasteiger partial charge is 0.251 e. The Balaban J connectivity index is 2.50. The third-order valence-corrected chi connectivity index (χ3v) is 2.32. The first-order valence-corrected chi connectivity index (χ1v) is 5.33. The number of hydrogen-bond donors (Lipinski definition) is 2. The summed E-state index contributed by atoms with van der Waals surface area (Å²) < 4.78 is 12.8. The molecule has 4 nitrogen and oxygen atoms in total. The third kappa shape index (κ3) is 4.22. The van der Waals surface area contributed by atoms with Crippen molar-refractivity contribution in [3.63, 3.8) is 0 Å². The van der Waals surface area contributed by atoms with Crippen LogP contribution >= 0.6 is 0 Å². The van der Waals surface area contributed by atoms with E-state index in [1.807, 2.05) is 0 Å². The second-order valence-corrected chi connectivity index (χ2v) is 3.79. The zero-order chi connectivity index (χ0) is 12.8. The highest BCUT2D eigenvalue weighted by atomic mass is 19.1. The van der Waals surface area contributed by atoms with Crippen molar-refractivity contribution in [1.29, 1.82) is 0 Å². The molecule has 0 saturated carbocycles. The maximum Gasteiger partial charge on any atom is 0.251 e. The van der Waals surface area contributed by atoms with Gasteiger partial charge in [0.15, 0.2) is 0 Å². The van der Waals surface area contributed by atoms with Crippen LogP contribution in [0.2, 0.25) is 0 Å². The Morgan fingerprint density at radius 3 is 2.71 bits per heavy atom. The van der Waals surface area contributed by atoms with Gasteiger partial charge in [-0.25, -0.2) is 4.39 Å². The van der Waals surface area contributed by atoms with Gasteiger partial charge in [0.05, 0.1) is 0 Å². The van der Waals surface area contributed by atoms with E-state index in [0.717, 1.165) is 0 Å². The molecule has 0 unspecified atom stereocenters. The Morgan fingerprint density at radius 1 is 1.41 bits per heavy atom. The van der Waals surface area contributed by atoms with Gasteiger partial charge in [0, 0.05) is 18.5 Å². The van der Waals surface area contributed by atoms with E-state index in [9.17, 15) is 14.0 Å². The predicted molar refractivity (Wildman–Crippen MR) is 61.9 cm³/mol. The summed E-state index contributed by atoms with van der Waals surface area (Å²) >= 11 is 0. The third-order valence-electron chi connectivity index (χ3n) is 2.32. The first kappa shape index (κ1) is 13.2. The lowest BCUT2D eigenvalue weighted by Crippen LogP contribution is -2.26. The van der Waals surface area contributed by atoms with E-state index in [1.54, 1.807) is 6.92 Å². The summed E-state index contributed by atoms with van der Waals surface area (Å²) in [6.07, 6.45) is 0.740. The van der Waals surface area contributed by atoms with E-state index in [-0.39, 0.29) is 18.1 Å². The van der Waals surface area contributed by atoms with E-state index in [4.69, 9.17) is 5.73 Å². The standard InChI is InChI=1S/C12H15FN2O2/c1-8-7-9(13)4-5-10(8)12(17)15-6-2-3-11(14)16/h4-5,7H,2-3,6H2,1H3,(H2,14,16)(H,15,17). The van der Waals surface area contributed by atoms with Gasteiger partial charge in [0.2, 0.25) is 5.91 Å². The summed E-state index contributed by atoms with van der Waals surface area (Å²) in [5, 5.41) is 2.65. The Labute approximate surface area is 99.0 Å². The lowest BCUT2D eigenvalue weighted by molar-refractivity contribution is -0.118. The second-order valence-electron chi connectivity index (χ2n) is 3.79. The Kier molecular flexibility index (Phi) is 4.63. The molecule has 0 saturated heterocycles. The van der Waals surface area contributed by atoms with Crippen LogP contribution in [-0.2, 0) is 4.79 Å². The molecule has 92 valence electrons. The molecule has 0 aliphatic carbocycles. The number of carbonyl (C=O) groups is 2. The molecule has 17 heavy (non-hydrogen) atoms. The molecule has 2 amide bonds. The van der Waals surface area contributed by atoms with Gasteiger partial charge in [-0.3, -0.25) is 9.59 Å². The molecule has 1 rings (SSSR count). The molecule has 0 radical (unpaired) electrons. The zero-order valence-electron chi connectivity index (χ0n) is 9.63. The average molecular weight is 238 g/mol. The Morgan fingerprint density at radius 2 is 2.12 bits per heavy atom. The fourth-order valence-corrected chi connectivity index (χ4v) is 1.44. The van der Waals surface area contributed by atoms with E-state index in [0.29, 0.717) is 24.1 Å². The van der Waals surface area contributed by atoms with Gasteiger partial charge in [-0.05, 0) is 37.1 Å². The molecule has 1 aromatic rings. The first-order chi connectivity index (χ1) is 8.00. The molecule has 0 atom stereocenters. The predicted octanol–water partition coefficient (Wildman–Crippen LogP) is 1.13. The lowest BCUT2D eigenvalue weighted by Gasteiger charge is -2.07. The van der Waals surface area contributed by atoms with Crippen LogP contribution in [-0.4, -0.2) is 18.4 Å². The first-order valence-electron chi connectivity index (χ1n) is 5.33. The molecule has 0 aromatic heterocycles. The molecule has 0 heterocycles. The molecule has 0 fully saturated rings. The van der Waals surface area contributed by atoms with Gasteiger partial charge < -0.3 is 11.1 Å². The van der Waals surface area contributed by atoms with Crippen LogP contribution in [0, 0.1) is 12.7 Å². The average Bonchev–Trinajstić information content (AvgIpc) is 2.23. The number of halogens is 1. The summed E-state index contributed by atoms with van der Waals surface area (Å²) in [6, 6.07) is 3.98. The van der Waals surface area contributed by atoms with Gasteiger partial charge in [-0.1, -0.05) is 0 Å². The van der Waals surface area contributed by atoms with Crippen molar-refractivity contribution in [3.05, 3.63) is 35.1 Å². The van der Waals surface area contributed by atoms with Gasteiger partial charge in [0.25, 0.3) is 5.91 Å². The molecule has 0 spiro atoms. The number of nitrogens with two attached hydrogens (primary N) is 1. The molecule has 0 aliphatic heterocycles. The van der Waals surface area contributed by atoms with Crippen molar-refractivity contribution in [2.45, 2.75) is 19.8 Å². The van der Waals surface area contributed by atoms with Crippen molar-refractivity contribution >= 4 is 11.8 Å². The zero-order valence-corrected chi connectivity index (χ0v) is 9.63. The number of primary amides is 1. The van der Waals surface area contributed by atoms with Gasteiger partial charge in [-0.15, -0.1) is 0 Å². The summed E-state index contributed by atoms with van der Waals surface area (Å²) in [5.41, 5.74) is 5.98. The van der Waals surface area contributed by atoms with Gasteiger partial charge in [0.1, 0.15) is 5.82 Å². The van der Waals surface area contributed by atoms with Gasteiger partial charge >= 0.3 is 0 Å². The number of benzene rings is 1. The Bertz CT molecular complexity index is 433. The number of aryl methyl sites for hydroxylation is 1. The summed E-state index contributed by atoms with van der Waals surface area (Å²) in [5.74, 6) is -1.03. The molecule has 3 N–H and O–H groups in total. The summed E-state index contributed by atoms with van der Waals surface area (Å²) in [7, 11) is 0. The van der Waals surface area contributed by atoms with Crippen LogP contribution in [0.4, 0.5) is 4.39 Å². The number of rotatable bonds is 5. The van der Waals surface area contributed by atoms with Crippen LogP contribution in [0.1, 0.15) is 28.8 Å².